The minimum atomic E-state index is 1.25. The summed E-state index contributed by atoms with van der Waals surface area (Å²) >= 11 is 2.43. The molecule has 0 spiro atoms. The molecule has 0 aromatic rings. The second-order valence-corrected chi connectivity index (χ2v) is 3.64. The third-order valence-corrected chi connectivity index (χ3v) is 2.92. The molecule has 1 aliphatic rings. The van der Waals surface area contributed by atoms with Crippen LogP contribution in [0, 0.1) is 0 Å². The third kappa shape index (κ3) is 1.81. The number of hydrogen-bond donors (Lipinski definition) is 0. The van der Waals surface area contributed by atoms with Gasteiger partial charge in [-0.15, -0.1) is 0 Å². The predicted octanol–water partition coefficient (Wildman–Crippen LogP) is 3.44. The number of rotatable bonds is 1. The summed E-state index contributed by atoms with van der Waals surface area (Å²) in [4.78, 5) is 0. The first kappa shape index (κ1) is 7.32. The van der Waals surface area contributed by atoms with E-state index < -0.39 is 0 Å². The zero-order valence-electron chi connectivity index (χ0n) is 5.49. The summed E-state index contributed by atoms with van der Waals surface area (Å²) in [5.41, 5.74) is 1.47. The molecule has 0 saturated heterocycles. The van der Waals surface area contributed by atoms with Crippen LogP contribution in [0.1, 0.15) is 25.7 Å². The largest absolute Gasteiger partial charge is 0.0988 e. The molecule has 0 unspecified atom stereocenters. The lowest BCUT2D eigenvalue weighted by molar-refractivity contribution is 0.709. The van der Waals surface area contributed by atoms with E-state index >= 15 is 0 Å². The summed E-state index contributed by atoms with van der Waals surface area (Å²) in [5, 5.41) is 0. The average Bonchev–Trinajstić information content (AvgIpc) is 1.89. The molecule has 0 atom stereocenters. The zero-order valence-corrected chi connectivity index (χ0v) is 7.65. The van der Waals surface area contributed by atoms with Crippen molar-refractivity contribution in [2.75, 3.05) is 0 Å². The van der Waals surface area contributed by atoms with Gasteiger partial charge in [0, 0.05) is 0 Å². The van der Waals surface area contributed by atoms with E-state index in [9.17, 15) is 0 Å². The van der Waals surface area contributed by atoms with Gasteiger partial charge in [0.2, 0.25) is 0 Å². The molecule has 0 N–H and O–H groups in total. The normalized spacial score (nSPS) is 20.1. The molecule has 0 saturated carbocycles. The molecule has 0 heterocycles. The van der Waals surface area contributed by atoms with Crippen LogP contribution >= 0.6 is 22.6 Å². The predicted molar refractivity (Wildman–Crippen MR) is 49.7 cm³/mol. The molecule has 50 valence electrons. The Hall–Kier alpha value is 0.210. The molecular weight excluding hydrogens is 223 g/mol. The molecular formula is C8H11I. The molecule has 0 bridgehead atoms. The van der Waals surface area contributed by atoms with Gasteiger partial charge in [-0.1, -0.05) is 12.7 Å². The Balaban J connectivity index is 2.70. The van der Waals surface area contributed by atoms with Gasteiger partial charge in [0.25, 0.3) is 0 Å². The highest BCUT2D eigenvalue weighted by Gasteiger charge is 2.05. The molecule has 0 fully saturated rings. The fraction of sp³-hybridized carbons (Fsp3) is 0.500. The molecule has 9 heavy (non-hydrogen) atoms. The van der Waals surface area contributed by atoms with E-state index in [4.69, 9.17) is 0 Å². The Morgan fingerprint density at radius 3 is 2.44 bits per heavy atom. The van der Waals surface area contributed by atoms with E-state index in [2.05, 4.69) is 29.2 Å². The fourth-order valence-corrected chi connectivity index (χ4v) is 1.98. The Bertz CT molecular complexity index is 145. The van der Waals surface area contributed by atoms with E-state index in [1.807, 2.05) is 6.08 Å². The maximum Gasteiger partial charge on any atom is -0.00623 e. The summed E-state index contributed by atoms with van der Waals surface area (Å²) < 4.78 is 1.52. The SMILES string of the molecule is C=CC1=C(I)CCCC1. The van der Waals surface area contributed by atoms with Gasteiger partial charge < -0.3 is 0 Å². The number of allylic oxidation sites excluding steroid dienone is 3. The first-order valence-electron chi connectivity index (χ1n) is 3.34. The standard InChI is InChI=1S/C8H11I/c1-2-7-5-3-4-6-8(7)9/h2H,1,3-6H2. The molecule has 0 aromatic carbocycles. The van der Waals surface area contributed by atoms with E-state index in [1.54, 1.807) is 0 Å². The van der Waals surface area contributed by atoms with Crippen LogP contribution in [0.4, 0.5) is 0 Å². The van der Waals surface area contributed by atoms with Gasteiger partial charge >= 0.3 is 0 Å². The Morgan fingerprint density at radius 2 is 2.00 bits per heavy atom. The van der Waals surface area contributed by atoms with E-state index in [0.29, 0.717) is 0 Å². The molecule has 0 aromatic heterocycles. The van der Waals surface area contributed by atoms with Crippen molar-refractivity contribution in [3.05, 3.63) is 21.8 Å². The molecule has 0 aliphatic heterocycles. The van der Waals surface area contributed by atoms with Crippen LogP contribution < -0.4 is 0 Å². The second kappa shape index (κ2) is 3.40. The van der Waals surface area contributed by atoms with Gasteiger partial charge in [0.1, 0.15) is 0 Å². The molecule has 0 nitrogen and oxygen atoms in total. The minimum Gasteiger partial charge on any atom is -0.0988 e. The summed E-state index contributed by atoms with van der Waals surface area (Å²) in [6.45, 7) is 3.77. The molecule has 1 aliphatic carbocycles. The van der Waals surface area contributed by atoms with E-state index in [0.717, 1.165) is 0 Å². The Morgan fingerprint density at radius 1 is 1.33 bits per heavy atom. The van der Waals surface area contributed by atoms with Crippen LogP contribution in [-0.4, -0.2) is 0 Å². The smallest absolute Gasteiger partial charge is 0.00623 e. The van der Waals surface area contributed by atoms with Gasteiger partial charge in [-0.05, 0) is 57.4 Å². The van der Waals surface area contributed by atoms with Crippen LogP contribution in [0.25, 0.3) is 0 Å². The van der Waals surface area contributed by atoms with E-state index in [-0.39, 0.29) is 0 Å². The van der Waals surface area contributed by atoms with Crippen molar-refractivity contribution in [1.29, 1.82) is 0 Å². The van der Waals surface area contributed by atoms with Crippen molar-refractivity contribution in [2.45, 2.75) is 25.7 Å². The monoisotopic (exact) mass is 234 g/mol. The Kier molecular flexibility index (Phi) is 2.76. The van der Waals surface area contributed by atoms with Crippen molar-refractivity contribution in [3.63, 3.8) is 0 Å². The molecule has 0 amide bonds. The zero-order chi connectivity index (χ0) is 6.69. The van der Waals surface area contributed by atoms with Crippen LogP contribution in [0.5, 0.6) is 0 Å². The second-order valence-electron chi connectivity index (χ2n) is 2.34. The van der Waals surface area contributed by atoms with Crippen LogP contribution in [0.2, 0.25) is 0 Å². The van der Waals surface area contributed by atoms with E-state index in [1.165, 1.54) is 34.8 Å². The van der Waals surface area contributed by atoms with Crippen molar-refractivity contribution < 1.29 is 0 Å². The summed E-state index contributed by atoms with van der Waals surface area (Å²) in [6.07, 6.45) is 7.26. The van der Waals surface area contributed by atoms with Gasteiger partial charge in [0.15, 0.2) is 0 Å². The average molecular weight is 234 g/mol. The van der Waals surface area contributed by atoms with Crippen LogP contribution in [0.15, 0.2) is 21.8 Å². The van der Waals surface area contributed by atoms with Gasteiger partial charge in [0.05, 0.1) is 0 Å². The lowest BCUT2D eigenvalue weighted by atomic mass is 10.00. The highest BCUT2D eigenvalue weighted by atomic mass is 127. The summed E-state index contributed by atoms with van der Waals surface area (Å²) in [6, 6.07) is 0. The lowest BCUT2D eigenvalue weighted by Gasteiger charge is -2.12. The topological polar surface area (TPSA) is 0 Å². The fourth-order valence-electron chi connectivity index (χ4n) is 1.10. The Labute approximate surface area is 70.2 Å². The van der Waals surface area contributed by atoms with Gasteiger partial charge in [-0.2, -0.15) is 0 Å². The quantitative estimate of drug-likeness (QED) is 0.609. The maximum atomic E-state index is 3.77. The van der Waals surface area contributed by atoms with Crippen LogP contribution in [0.3, 0.4) is 0 Å². The number of halogens is 1. The van der Waals surface area contributed by atoms with Crippen LogP contribution in [-0.2, 0) is 0 Å². The highest BCUT2D eigenvalue weighted by molar-refractivity contribution is 14.1. The number of hydrogen-bond acceptors (Lipinski definition) is 0. The minimum absolute atomic E-state index is 1.25. The van der Waals surface area contributed by atoms with Crippen molar-refractivity contribution in [3.8, 4) is 0 Å². The van der Waals surface area contributed by atoms with Crippen molar-refractivity contribution >= 4 is 22.6 Å². The molecule has 1 rings (SSSR count). The molecule has 1 heteroatoms. The van der Waals surface area contributed by atoms with Crippen molar-refractivity contribution in [1.82, 2.24) is 0 Å². The van der Waals surface area contributed by atoms with Gasteiger partial charge in [-0.3, -0.25) is 0 Å². The summed E-state index contributed by atoms with van der Waals surface area (Å²) in [7, 11) is 0. The molecule has 0 radical (unpaired) electrons. The third-order valence-electron chi connectivity index (χ3n) is 1.69. The first-order valence-corrected chi connectivity index (χ1v) is 4.42. The lowest BCUT2D eigenvalue weighted by Crippen LogP contribution is -1.91. The summed E-state index contributed by atoms with van der Waals surface area (Å²) in [5.74, 6) is 0. The first-order chi connectivity index (χ1) is 4.34. The van der Waals surface area contributed by atoms with Crippen molar-refractivity contribution in [2.24, 2.45) is 0 Å². The van der Waals surface area contributed by atoms with Gasteiger partial charge in [-0.25, -0.2) is 0 Å². The maximum absolute atomic E-state index is 3.77. The highest BCUT2D eigenvalue weighted by Crippen LogP contribution is 2.29.